The molecule has 0 radical (unpaired) electrons. The van der Waals surface area contributed by atoms with Gasteiger partial charge in [-0.2, -0.15) is 5.10 Å². The molecule has 0 bridgehead atoms. The summed E-state index contributed by atoms with van der Waals surface area (Å²) < 4.78 is 2.20. The largest absolute Gasteiger partial charge is 0.310 e. The first-order valence-corrected chi connectivity index (χ1v) is 6.91. The molecule has 3 heteroatoms. The van der Waals surface area contributed by atoms with E-state index in [4.69, 9.17) is 0 Å². The molecule has 0 aromatic carbocycles. The molecule has 1 aromatic rings. The third-order valence-corrected chi connectivity index (χ3v) is 3.81. The van der Waals surface area contributed by atoms with Crippen LogP contribution in [0.2, 0.25) is 0 Å². The smallest absolute Gasteiger partial charge is 0.0537 e. The van der Waals surface area contributed by atoms with Gasteiger partial charge >= 0.3 is 0 Å². The minimum atomic E-state index is 0.535. The molecule has 0 saturated heterocycles. The van der Waals surface area contributed by atoms with Crippen LogP contribution in [-0.4, -0.2) is 15.8 Å². The SMILES string of the molecule is Cc1c(CNC(C)C)cnn1CC1CCCC1. The van der Waals surface area contributed by atoms with Crippen LogP contribution in [0, 0.1) is 12.8 Å². The van der Waals surface area contributed by atoms with Crippen molar-refractivity contribution in [1.82, 2.24) is 15.1 Å². The first-order valence-electron chi connectivity index (χ1n) is 6.91. The van der Waals surface area contributed by atoms with Gasteiger partial charge in [-0.05, 0) is 25.7 Å². The van der Waals surface area contributed by atoms with Gasteiger partial charge < -0.3 is 5.32 Å². The van der Waals surface area contributed by atoms with E-state index in [-0.39, 0.29) is 0 Å². The summed E-state index contributed by atoms with van der Waals surface area (Å²) in [5.74, 6) is 0.861. The highest BCUT2D eigenvalue weighted by Crippen LogP contribution is 2.26. The van der Waals surface area contributed by atoms with Gasteiger partial charge in [0.15, 0.2) is 0 Å². The Morgan fingerprint density at radius 2 is 2.12 bits per heavy atom. The molecule has 1 aromatic heterocycles. The number of hydrogen-bond donors (Lipinski definition) is 1. The maximum absolute atomic E-state index is 4.53. The predicted octanol–water partition coefficient (Wildman–Crippen LogP) is 2.88. The second-order valence-corrected chi connectivity index (χ2v) is 5.62. The van der Waals surface area contributed by atoms with Gasteiger partial charge in [-0.25, -0.2) is 0 Å². The normalized spacial score (nSPS) is 17.2. The Labute approximate surface area is 105 Å². The predicted molar refractivity (Wildman–Crippen MR) is 70.9 cm³/mol. The van der Waals surface area contributed by atoms with Gasteiger partial charge in [0.2, 0.25) is 0 Å². The maximum atomic E-state index is 4.53. The third-order valence-electron chi connectivity index (χ3n) is 3.81. The van der Waals surface area contributed by atoms with Crippen molar-refractivity contribution in [1.29, 1.82) is 0 Å². The van der Waals surface area contributed by atoms with Crippen LogP contribution >= 0.6 is 0 Å². The van der Waals surface area contributed by atoms with E-state index in [1.165, 1.54) is 36.9 Å². The zero-order valence-corrected chi connectivity index (χ0v) is 11.4. The van der Waals surface area contributed by atoms with Crippen LogP contribution in [0.4, 0.5) is 0 Å². The molecule has 1 aliphatic carbocycles. The van der Waals surface area contributed by atoms with Gasteiger partial charge in [0, 0.05) is 30.4 Å². The summed E-state index contributed by atoms with van der Waals surface area (Å²) in [6, 6.07) is 0.535. The van der Waals surface area contributed by atoms with Gasteiger partial charge in [0.25, 0.3) is 0 Å². The molecule has 1 heterocycles. The molecule has 1 N–H and O–H groups in total. The topological polar surface area (TPSA) is 29.9 Å². The molecule has 1 aliphatic rings. The highest BCUT2D eigenvalue weighted by atomic mass is 15.3. The summed E-state index contributed by atoms with van der Waals surface area (Å²) in [5, 5.41) is 7.99. The summed E-state index contributed by atoms with van der Waals surface area (Å²) in [4.78, 5) is 0. The Kier molecular flexibility index (Phi) is 4.21. The van der Waals surface area contributed by atoms with E-state index in [1.807, 2.05) is 6.20 Å². The number of hydrogen-bond acceptors (Lipinski definition) is 2. The fraction of sp³-hybridized carbons (Fsp3) is 0.786. The minimum Gasteiger partial charge on any atom is -0.310 e. The van der Waals surface area contributed by atoms with E-state index in [2.05, 4.69) is 35.9 Å². The Morgan fingerprint density at radius 1 is 1.41 bits per heavy atom. The summed E-state index contributed by atoms with van der Waals surface area (Å²) in [5.41, 5.74) is 2.68. The van der Waals surface area contributed by atoms with Gasteiger partial charge in [0.1, 0.15) is 0 Å². The Bertz CT molecular complexity index is 348. The number of nitrogens with one attached hydrogen (secondary N) is 1. The van der Waals surface area contributed by atoms with Gasteiger partial charge in [-0.1, -0.05) is 26.7 Å². The van der Waals surface area contributed by atoms with E-state index >= 15 is 0 Å². The molecule has 1 fully saturated rings. The summed E-state index contributed by atoms with van der Waals surface area (Å²) in [6.07, 6.45) is 7.62. The lowest BCUT2D eigenvalue weighted by Crippen LogP contribution is -2.22. The average Bonchev–Trinajstić information content (AvgIpc) is 2.89. The highest BCUT2D eigenvalue weighted by molar-refractivity contribution is 5.15. The fourth-order valence-electron chi connectivity index (χ4n) is 2.59. The monoisotopic (exact) mass is 235 g/mol. The molecule has 0 unspecified atom stereocenters. The third kappa shape index (κ3) is 3.32. The molecule has 0 aliphatic heterocycles. The van der Waals surface area contributed by atoms with Crippen LogP contribution in [0.1, 0.15) is 50.8 Å². The van der Waals surface area contributed by atoms with Crippen molar-refractivity contribution in [3.63, 3.8) is 0 Å². The second kappa shape index (κ2) is 5.67. The molecule has 2 rings (SSSR count). The van der Waals surface area contributed by atoms with Gasteiger partial charge in [-0.15, -0.1) is 0 Å². The van der Waals surface area contributed by atoms with Crippen LogP contribution in [0.15, 0.2) is 6.20 Å². The van der Waals surface area contributed by atoms with Crippen molar-refractivity contribution in [3.05, 3.63) is 17.5 Å². The standard InChI is InChI=1S/C14H25N3/c1-11(2)15-8-14-9-16-17(12(14)3)10-13-6-4-5-7-13/h9,11,13,15H,4-8,10H2,1-3H3. The Hall–Kier alpha value is -0.830. The quantitative estimate of drug-likeness (QED) is 0.850. The van der Waals surface area contributed by atoms with Gasteiger partial charge in [-0.3, -0.25) is 4.68 Å². The van der Waals surface area contributed by atoms with Crippen molar-refractivity contribution in [2.75, 3.05) is 0 Å². The molecular weight excluding hydrogens is 210 g/mol. The first-order chi connectivity index (χ1) is 8.16. The van der Waals surface area contributed by atoms with Crippen molar-refractivity contribution in [2.45, 2.75) is 65.6 Å². The highest BCUT2D eigenvalue weighted by Gasteiger charge is 2.17. The second-order valence-electron chi connectivity index (χ2n) is 5.62. The molecule has 17 heavy (non-hydrogen) atoms. The van der Waals surface area contributed by atoms with E-state index in [0.29, 0.717) is 6.04 Å². The molecule has 0 atom stereocenters. The fourth-order valence-corrected chi connectivity index (χ4v) is 2.59. The van der Waals surface area contributed by atoms with Crippen LogP contribution in [0.5, 0.6) is 0 Å². The minimum absolute atomic E-state index is 0.535. The lowest BCUT2D eigenvalue weighted by atomic mass is 10.1. The molecule has 1 saturated carbocycles. The van der Waals surface area contributed by atoms with Crippen LogP contribution in [-0.2, 0) is 13.1 Å². The average molecular weight is 235 g/mol. The molecule has 3 nitrogen and oxygen atoms in total. The lowest BCUT2D eigenvalue weighted by Gasteiger charge is -2.12. The lowest BCUT2D eigenvalue weighted by molar-refractivity contribution is 0.422. The summed E-state index contributed by atoms with van der Waals surface area (Å²) in [6.45, 7) is 8.61. The van der Waals surface area contributed by atoms with E-state index in [0.717, 1.165) is 19.0 Å². The summed E-state index contributed by atoms with van der Waals surface area (Å²) >= 11 is 0. The number of nitrogens with zero attached hydrogens (tertiary/aromatic N) is 2. The molecule has 0 spiro atoms. The zero-order valence-electron chi connectivity index (χ0n) is 11.4. The Balaban J connectivity index is 1.94. The first kappa shape index (κ1) is 12.6. The number of aromatic nitrogens is 2. The van der Waals surface area contributed by atoms with Crippen molar-refractivity contribution < 1.29 is 0 Å². The Morgan fingerprint density at radius 3 is 2.76 bits per heavy atom. The van der Waals surface area contributed by atoms with Crippen molar-refractivity contribution in [3.8, 4) is 0 Å². The molecule has 0 amide bonds. The molecule has 96 valence electrons. The number of rotatable bonds is 5. The van der Waals surface area contributed by atoms with E-state index < -0.39 is 0 Å². The molecular formula is C14H25N3. The van der Waals surface area contributed by atoms with Crippen molar-refractivity contribution >= 4 is 0 Å². The zero-order chi connectivity index (χ0) is 12.3. The van der Waals surface area contributed by atoms with Gasteiger partial charge in [0.05, 0.1) is 6.20 Å². The maximum Gasteiger partial charge on any atom is 0.0537 e. The van der Waals surface area contributed by atoms with Crippen LogP contribution in [0.3, 0.4) is 0 Å². The van der Waals surface area contributed by atoms with Crippen LogP contribution < -0.4 is 5.32 Å². The van der Waals surface area contributed by atoms with E-state index in [1.54, 1.807) is 0 Å². The van der Waals surface area contributed by atoms with Crippen LogP contribution in [0.25, 0.3) is 0 Å². The summed E-state index contributed by atoms with van der Waals surface area (Å²) in [7, 11) is 0. The van der Waals surface area contributed by atoms with Crippen molar-refractivity contribution in [2.24, 2.45) is 5.92 Å². The van der Waals surface area contributed by atoms with E-state index in [9.17, 15) is 0 Å².